The van der Waals surface area contributed by atoms with Gasteiger partial charge >= 0.3 is 0 Å². The average molecular weight is 328 g/mol. The summed E-state index contributed by atoms with van der Waals surface area (Å²) in [5, 5.41) is 3.16. The largest absolute Gasteiger partial charge is 0.349 e. The van der Waals surface area contributed by atoms with Crippen molar-refractivity contribution in [3.63, 3.8) is 0 Å². The molecule has 1 heterocycles. The van der Waals surface area contributed by atoms with Gasteiger partial charge in [0.2, 0.25) is 11.8 Å². The third-order valence-corrected chi connectivity index (χ3v) is 5.29. The Morgan fingerprint density at radius 3 is 2.62 bits per heavy atom. The van der Waals surface area contributed by atoms with Crippen LogP contribution in [0.25, 0.3) is 0 Å². The van der Waals surface area contributed by atoms with Crippen molar-refractivity contribution in [2.45, 2.75) is 52.5 Å². The molecule has 0 radical (unpaired) electrons. The van der Waals surface area contributed by atoms with Crippen LogP contribution >= 0.6 is 0 Å². The maximum absolute atomic E-state index is 12.7. The fourth-order valence-electron chi connectivity index (χ4n) is 3.62. The lowest BCUT2D eigenvalue weighted by Crippen LogP contribution is -2.46. The molecule has 0 bridgehead atoms. The average Bonchev–Trinajstić information content (AvgIpc) is 3.41. The molecule has 24 heavy (non-hydrogen) atoms. The lowest BCUT2D eigenvalue weighted by molar-refractivity contribution is -0.137. The number of carbonyl (C=O) groups excluding carboxylic acids is 2. The molecule has 1 aromatic rings. The number of hydrogen-bond donors (Lipinski definition) is 1. The van der Waals surface area contributed by atoms with E-state index in [0.717, 1.165) is 32.2 Å². The summed E-state index contributed by atoms with van der Waals surface area (Å²) in [6.07, 6.45) is 3.85. The van der Waals surface area contributed by atoms with Crippen molar-refractivity contribution in [2.24, 2.45) is 11.8 Å². The standard InChI is InChI=1S/C20H28N2O2/c1-13-6-7-14(2)18(11-13)15(3)21-19(23)17-5-4-10-22(12-17)20(24)16-8-9-16/h6-7,11,15-17H,4-5,8-10,12H2,1-3H3,(H,21,23)/t15-,17+/m0/s1. The number of benzene rings is 1. The molecule has 1 aromatic carbocycles. The molecule has 1 saturated carbocycles. The highest BCUT2D eigenvalue weighted by atomic mass is 16.2. The zero-order valence-corrected chi connectivity index (χ0v) is 15.0. The van der Waals surface area contributed by atoms with Crippen LogP contribution in [0.1, 0.15) is 55.3 Å². The molecule has 0 unspecified atom stereocenters. The predicted octanol–water partition coefficient (Wildman–Crippen LogP) is 3.13. The molecule has 1 aliphatic carbocycles. The first kappa shape index (κ1) is 17.0. The van der Waals surface area contributed by atoms with Crippen LogP contribution in [0.2, 0.25) is 0 Å². The van der Waals surface area contributed by atoms with Gasteiger partial charge in [0.1, 0.15) is 0 Å². The summed E-state index contributed by atoms with van der Waals surface area (Å²) in [5.74, 6) is 0.501. The molecule has 4 nitrogen and oxygen atoms in total. The Balaban J connectivity index is 1.61. The SMILES string of the molecule is Cc1ccc(C)c([C@H](C)NC(=O)[C@@H]2CCCN(C(=O)C3CC3)C2)c1. The predicted molar refractivity (Wildman–Crippen MR) is 94.5 cm³/mol. The summed E-state index contributed by atoms with van der Waals surface area (Å²) in [6, 6.07) is 6.33. The van der Waals surface area contributed by atoms with Crippen LogP contribution in [-0.4, -0.2) is 29.8 Å². The van der Waals surface area contributed by atoms with Crippen LogP contribution in [-0.2, 0) is 9.59 Å². The van der Waals surface area contributed by atoms with Crippen LogP contribution in [0.15, 0.2) is 18.2 Å². The number of likely N-dealkylation sites (tertiary alicyclic amines) is 1. The third kappa shape index (κ3) is 3.80. The highest BCUT2D eigenvalue weighted by molar-refractivity contribution is 5.83. The Morgan fingerprint density at radius 1 is 1.17 bits per heavy atom. The molecule has 1 saturated heterocycles. The Labute approximate surface area is 144 Å². The summed E-state index contributed by atoms with van der Waals surface area (Å²) < 4.78 is 0. The highest BCUT2D eigenvalue weighted by Gasteiger charge is 2.36. The lowest BCUT2D eigenvalue weighted by Gasteiger charge is -2.33. The first-order valence-corrected chi connectivity index (χ1v) is 9.12. The first-order chi connectivity index (χ1) is 11.5. The first-order valence-electron chi connectivity index (χ1n) is 9.12. The van der Waals surface area contributed by atoms with Gasteiger partial charge in [0.05, 0.1) is 12.0 Å². The molecule has 0 spiro atoms. The van der Waals surface area contributed by atoms with Crippen molar-refractivity contribution >= 4 is 11.8 Å². The van der Waals surface area contributed by atoms with Crippen LogP contribution in [0.3, 0.4) is 0 Å². The second kappa shape index (κ2) is 6.96. The van der Waals surface area contributed by atoms with Crippen LogP contribution in [0.5, 0.6) is 0 Å². The molecule has 4 heteroatoms. The summed E-state index contributed by atoms with van der Waals surface area (Å²) in [7, 11) is 0. The normalized spacial score (nSPS) is 22.1. The van der Waals surface area contributed by atoms with E-state index in [2.05, 4.69) is 37.4 Å². The van der Waals surface area contributed by atoms with Crippen molar-refractivity contribution in [3.8, 4) is 0 Å². The summed E-state index contributed by atoms with van der Waals surface area (Å²) >= 11 is 0. The molecule has 2 amide bonds. The van der Waals surface area contributed by atoms with Gasteiger partial charge in [-0.2, -0.15) is 0 Å². The molecule has 3 rings (SSSR count). The number of nitrogens with zero attached hydrogens (tertiary/aromatic N) is 1. The fraction of sp³-hybridized carbons (Fsp3) is 0.600. The summed E-state index contributed by atoms with van der Waals surface area (Å²) in [4.78, 5) is 26.8. The number of rotatable bonds is 4. The van der Waals surface area contributed by atoms with E-state index in [9.17, 15) is 9.59 Å². The van der Waals surface area contributed by atoms with E-state index in [-0.39, 0.29) is 29.7 Å². The third-order valence-electron chi connectivity index (χ3n) is 5.29. The summed E-state index contributed by atoms with van der Waals surface area (Å²) in [6.45, 7) is 7.58. The number of piperidine rings is 1. The second-order valence-corrected chi connectivity index (χ2v) is 7.49. The van der Waals surface area contributed by atoms with Gasteiger partial charge in [-0.25, -0.2) is 0 Å². The lowest BCUT2D eigenvalue weighted by atomic mass is 9.95. The molecule has 2 fully saturated rings. The number of carbonyl (C=O) groups is 2. The Hall–Kier alpha value is -1.84. The zero-order chi connectivity index (χ0) is 17.3. The zero-order valence-electron chi connectivity index (χ0n) is 15.0. The van der Waals surface area contributed by atoms with Crippen LogP contribution < -0.4 is 5.32 Å². The molecule has 2 atom stereocenters. The van der Waals surface area contributed by atoms with Crippen LogP contribution in [0, 0.1) is 25.7 Å². The Bertz CT molecular complexity index is 637. The highest BCUT2D eigenvalue weighted by Crippen LogP contribution is 2.32. The van der Waals surface area contributed by atoms with Gasteiger partial charge in [-0.1, -0.05) is 23.8 Å². The van der Waals surface area contributed by atoms with Gasteiger partial charge in [-0.3, -0.25) is 9.59 Å². The molecule has 0 aromatic heterocycles. The Kier molecular flexibility index (Phi) is 4.93. The molecular formula is C20H28N2O2. The van der Waals surface area contributed by atoms with Gasteiger partial charge < -0.3 is 10.2 Å². The quantitative estimate of drug-likeness (QED) is 0.923. The number of nitrogens with one attached hydrogen (secondary N) is 1. The van der Waals surface area contributed by atoms with Crippen molar-refractivity contribution < 1.29 is 9.59 Å². The minimum absolute atomic E-state index is 0.00749. The molecule has 1 N–H and O–H groups in total. The van der Waals surface area contributed by atoms with E-state index >= 15 is 0 Å². The van der Waals surface area contributed by atoms with E-state index in [4.69, 9.17) is 0 Å². The van der Waals surface area contributed by atoms with E-state index < -0.39 is 0 Å². The van der Waals surface area contributed by atoms with Crippen molar-refractivity contribution in [3.05, 3.63) is 34.9 Å². The van der Waals surface area contributed by atoms with Gasteiger partial charge in [0.25, 0.3) is 0 Å². The van der Waals surface area contributed by atoms with Crippen molar-refractivity contribution in [1.82, 2.24) is 10.2 Å². The Morgan fingerprint density at radius 2 is 1.92 bits per heavy atom. The van der Waals surface area contributed by atoms with E-state index in [1.165, 1.54) is 16.7 Å². The van der Waals surface area contributed by atoms with Gasteiger partial charge in [-0.05, 0) is 57.6 Å². The topological polar surface area (TPSA) is 49.4 Å². The minimum Gasteiger partial charge on any atom is -0.349 e. The number of hydrogen-bond acceptors (Lipinski definition) is 2. The van der Waals surface area contributed by atoms with E-state index in [0.29, 0.717) is 6.54 Å². The minimum atomic E-state index is -0.0750. The molecule has 2 aliphatic rings. The van der Waals surface area contributed by atoms with Gasteiger partial charge in [0, 0.05) is 19.0 Å². The maximum atomic E-state index is 12.7. The summed E-state index contributed by atoms with van der Waals surface area (Å²) in [5.41, 5.74) is 3.57. The van der Waals surface area contributed by atoms with Crippen molar-refractivity contribution in [2.75, 3.05) is 13.1 Å². The van der Waals surface area contributed by atoms with Gasteiger partial charge in [-0.15, -0.1) is 0 Å². The molecule has 1 aliphatic heterocycles. The molecular weight excluding hydrogens is 300 g/mol. The number of amides is 2. The monoisotopic (exact) mass is 328 g/mol. The van der Waals surface area contributed by atoms with Gasteiger partial charge in [0.15, 0.2) is 0 Å². The number of aryl methyl sites for hydroxylation is 2. The van der Waals surface area contributed by atoms with E-state index in [1.54, 1.807) is 0 Å². The smallest absolute Gasteiger partial charge is 0.225 e. The van der Waals surface area contributed by atoms with E-state index in [1.807, 2.05) is 11.8 Å². The second-order valence-electron chi connectivity index (χ2n) is 7.49. The van der Waals surface area contributed by atoms with Crippen molar-refractivity contribution in [1.29, 1.82) is 0 Å². The van der Waals surface area contributed by atoms with Crippen LogP contribution in [0.4, 0.5) is 0 Å². The fourth-order valence-corrected chi connectivity index (χ4v) is 3.62. The molecule has 130 valence electrons. The maximum Gasteiger partial charge on any atom is 0.225 e.